The van der Waals surface area contributed by atoms with Crippen molar-refractivity contribution in [2.24, 2.45) is 5.41 Å². The highest BCUT2D eigenvalue weighted by atomic mass is 32.1. The highest BCUT2D eigenvalue weighted by Gasteiger charge is 2.21. The first-order valence-electron chi connectivity index (χ1n) is 5.43. The van der Waals surface area contributed by atoms with Gasteiger partial charge in [-0.2, -0.15) is 0 Å². The van der Waals surface area contributed by atoms with Crippen molar-refractivity contribution < 1.29 is 10.2 Å². The van der Waals surface area contributed by atoms with E-state index in [9.17, 15) is 0 Å². The Balaban J connectivity index is 2.21. The molecule has 0 atom stereocenters. The fourth-order valence-corrected chi connectivity index (χ4v) is 1.94. The maximum Gasteiger partial charge on any atom is 0.0897 e. The molecule has 0 spiro atoms. The minimum Gasteiger partial charge on any atom is -0.396 e. The van der Waals surface area contributed by atoms with Gasteiger partial charge in [-0.25, -0.2) is 4.98 Å². The van der Waals surface area contributed by atoms with Crippen molar-refractivity contribution in [3.05, 3.63) is 16.1 Å². The van der Waals surface area contributed by atoms with Crippen LogP contribution in [-0.4, -0.2) is 41.5 Å². The molecule has 0 aliphatic heterocycles. The van der Waals surface area contributed by atoms with Crippen LogP contribution in [0.4, 0.5) is 0 Å². The van der Waals surface area contributed by atoms with Crippen LogP contribution >= 0.6 is 11.3 Å². The normalized spacial score (nSPS) is 12.0. The number of hydrogen-bond acceptors (Lipinski definition) is 5. The third-order valence-corrected chi connectivity index (χ3v) is 3.36. The number of aryl methyl sites for hydroxylation is 1. The maximum atomic E-state index is 9.09. The Bertz CT molecular complexity index is 311. The van der Waals surface area contributed by atoms with Crippen LogP contribution in [0.5, 0.6) is 0 Å². The molecule has 92 valence electrons. The van der Waals surface area contributed by atoms with Gasteiger partial charge in [0.25, 0.3) is 0 Å². The van der Waals surface area contributed by atoms with Gasteiger partial charge in [0.1, 0.15) is 0 Å². The molecule has 16 heavy (non-hydrogen) atoms. The number of aliphatic hydroxyl groups is 2. The van der Waals surface area contributed by atoms with E-state index in [-0.39, 0.29) is 13.2 Å². The summed E-state index contributed by atoms with van der Waals surface area (Å²) in [6.45, 7) is 5.27. The van der Waals surface area contributed by atoms with E-state index in [1.165, 1.54) is 0 Å². The van der Waals surface area contributed by atoms with Gasteiger partial charge >= 0.3 is 0 Å². The smallest absolute Gasteiger partial charge is 0.0897 e. The van der Waals surface area contributed by atoms with Gasteiger partial charge in [0, 0.05) is 30.3 Å². The van der Waals surface area contributed by atoms with Crippen LogP contribution in [0.2, 0.25) is 0 Å². The highest BCUT2D eigenvalue weighted by Crippen LogP contribution is 2.12. The molecule has 0 saturated carbocycles. The predicted molar refractivity (Wildman–Crippen MR) is 65.7 cm³/mol. The molecule has 0 saturated heterocycles. The third-order valence-electron chi connectivity index (χ3n) is 2.54. The molecule has 0 radical (unpaired) electrons. The van der Waals surface area contributed by atoms with Crippen molar-refractivity contribution in [3.63, 3.8) is 0 Å². The third kappa shape index (κ3) is 4.17. The van der Waals surface area contributed by atoms with Crippen LogP contribution in [-0.2, 0) is 6.42 Å². The summed E-state index contributed by atoms with van der Waals surface area (Å²) in [5.41, 5.74) is 0.669. The van der Waals surface area contributed by atoms with E-state index < -0.39 is 5.41 Å². The number of nitrogens with one attached hydrogen (secondary N) is 1. The molecule has 1 aromatic rings. The number of nitrogens with zero attached hydrogens (tertiary/aromatic N) is 1. The minimum atomic E-state index is -0.433. The maximum absolute atomic E-state index is 9.09. The lowest BCUT2D eigenvalue weighted by Gasteiger charge is -2.24. The van der Waals surface area contributed by atoms with Crippen molar-refractivity contribution in [2.75, 3.05) is 26.3 Å². The van der Waals surface area contributed by atoms with Gasteiger partial charge in [-0.3, -0.25) is 0 Å². The van der Waals surface area contributed by atoms with E-state index >= 15 is 0 Å². The summed E-state index contributed by atoms with van der Waals surface area (Å²) in [7, 11) is 0. The second-order valence-electron chi connectivity index (χ2n) is 4.41. The molecule has 1 heterocycles. The summed E-state index contributed by atoms with van der Waals surface area (Å²) in [6.07, 6.45) is 0.886. The van der Waals surface area contributed by atoms with E-state index in [1.54, 1.807) is 11.3 Å². The SMILES string of the molecule is Cc1nc(CCNCC(C)(CO)CO)cs1. The standard InChI is InChI=1S/C11H20N2O2S/c1-9-13-10(5-16-9)3-4-12-6-11(2,7-14)8-15/h5,12,14-15H,3-4,6-8H2,1-2H3. The molecule has 1 rings (SSSR count). The summed E-state index contributed by atoms with van der Waals surface area (Å²) >= 11 is 1.66. The molecular weight excluding hydrogens is 224 g/mol. The van der Waals surface area contributed by atoms with Gasteiger partial charge in [-0.05, 0) is 6.92 Å². The molecule has 3 N–H and O–H groups in total. The van der Waals surface area contributed by atoms with Crippen LogP contribution in [0.25, 0.3) is 0 Å². The fourth-order valence-electron chi connectivity index (χ4n) is 1.29. The zero-order valence-electron chi connectivity index (χ0n) is 9.86. The van der Waals surface area contributed by atoms with Gasteiger partial charge in [-0.15, -0.1) is 11.3 Å². The zero-order chi connectivity index (χ0) is 12.0. The van der Waals surface area contributed by atoms with Crippen LogP contribution in [0.15, 0.2) is 5.38 Å². The molecule has 4 nitrogen and oxygen atoms in total. The lowest BCUT2D eigenvalue weighted by molar-refractivity contribution is 0.0700. The van der Waals surface area contributed by atoms with E-state index in [1.807, 2.05) is 13.8 Å². The lowest BCUT2D eigenvalue weighted by atomic mass is 9.93. The summed E-state index contributed by atoms with van der Waals surface area (Å²) in [5, 5.41) is 24.6. The number of hydrogen-bond donors (Lipinski definition) is 3. The first-order chi connectivity index (χ1) is 7.59. The average Bonchev–Trinajstić information content (AvgIpc) is 2.70. The molecular formula is C11H20N2O2S. The zero-order valence-corrected chi connectivity index (χ0v) is 10.7. The van der Waals surface area contributed by atoms with Crippen molar-refractivity contribution in [1.29, 1.82) is 0 Å². The minimum absolute atomic E-state index is 0.00763. The first kappa shape index (κ1) is 13.6. The van der Waals surface area contributed by atoms with Crippen LogP contribution < -0.4 is 5.32 Å². The van der Waals surface area contributed by atoms with Crippen molar-refractivity contribution in [1.82, 2.24) is 10.3 Å². The van der Waals surface area contributed by atoms with Gasteiger partial charge in [-0.1, -0.05) is 6.92 Å². The molecule has 0 amide bonds. The van der Waals surface area contributed by atoms with Gasteiger partial charge in [0.15, 0.2) is 0 Å². The fraction of sp³-hybridized carbons (Fsp3) is 0.727. The molecule has 0 fully saturated rings. The number of thiazole rings is 1. The van der Waals surface area contributed by atoms with Crippen molar-refractivity contribution in [2.45, 2.75) is 20.3 Å². The summed E-state index contributed by atoms with van der Waals surface area (Å²) in [4.78, 5) is 4.36. The Morgan fingerprint density at radius 1 is 1.44 bits per heavy atom. The molecule has 0 bridgehead atoms. The monoisotopic (exact) mass is 244 g/mol. The second kappa shape index (κ2) is 6.30. The van der Waals surface area contributed by atoms with E-state index in [2.05, 4.69) is 15.7 Å². The largest absolute Gasteiger partial charge is 0.396 e. The molecule has 0 aliphatic carbocycles. The Hall–Kier alpha value is -0.490. The molecule has 1 aromatic heterocycles. The molecule has 0 aliphatic rings. The number of aliphatic hydroxyl groups excluding tert-OH is 2. The first-order valence-corrected chi connectivity index (χ1v) is 6.31. The molecule has 0 unspecified atom stereocenters. The molecule has 5 heteroatoms. The Labute approximate surface area is 100 Å². The van der Waals surface area contributed by atoms with Gasteiger partial charge in [0.2, 0.25) is 0 Å². The van der Waals surface area contributed by atoms with Crippen LogP contribution in [0.3, 0.4) is 0 Å². The lowest BCUT2D eigenvalue weighted by Crippen LogP contribution is -2.38. The number of rotatable bonds is 7. The number of aromatic nitrogens is 1. The van der Waals surface area contributed by atoms with E-state index in [4.69, 9.17) is 10.2 Å². The Kier molecular flexibility index (Phi) is 5.34. The van der Waals surface area contributed by atoms with Crippen LogP contribution in [0, 0.1) is 12.3 Å². The van der Waals surface area contributed by atoms with E-state index in [0.717, 1.165) is 23.7 Å². The summed E-state index contributed by atoms with van der Waals surface area (Å²) in [5.74, 6) is 0. The van der Waals surface area contributed by atoms with Crippen LogP contribution in [0.1, 0.15) is 17.6 Å². The van der Waals surface area contributed by atoms with E-state index in [0.29, 0.717) is 6.54 Å². The van der Waals surface area contributed by atoms with Gasteiger partial charge in [0.05, 0.1) is 23.9 Å². The van der Waals surface area contributed by atoms with Gasteiger partial charge < -0.3 is 15.5 Å². The van der Waals surface area contributed by atoms with Crippen molar-refractivity contribution in [3.8, 4) is 0 Å². The predicted octanol–water partition coefficient (Wildman–Crippen LogP) is 0.575. The highest BCUT2D eigenvalue weighted by molar-refractivity contribution is 7.09. The quantitative estimate of drug-likeness (QED) is 0.614. The summed E-state index contributed by atoms with van der Waals surface area (Å²) in [6, 6.07) is 0. The Morgan fingerprint density at radius 3 is 2.62 bits per heavy atom. The molecule has 0 aromatic carbocycles. The summed E-state index contributed by atoms with van der Waals surface area (Å²) < 4.78 is 0. The van der Waals surface area contributed by atoms with Crippen molar-refractivity contribution >= 4 is 11.3 Å². The second-order valence-corrected chi connectivity index (χ2v) is 5.47. The average molecular weight is 244 g/mol. The topological polar surface area (TPSA) is 65.4 Å². The Morgan fingerprint density at radius 2 is 2.12 bits per heavy atom.